The molecule has 18 heavy (non-hydrogen) atoms. The summed E-state index contributed by atoms with van der Waals surface area (Å²) in [5, 5.41) is 0. The zero-order valence-electron chi connectivity index (χ0n) is 10.1. The summed E-state index contributed by atoms with van der Waals surface area (Å²) >= 11 is 0. The van der Waals surface area contributed by atoms with Crippen LogP contribution in [0.3, 0.4) is 0 Å². The van der Waals surface area contributed by atoms with Crippen molar-refractivity contribution in [1.82, 2.24) is 4.90 Å². The van der Waals surface area contributed by atoms with Gasteiger partial charge < -0.3 is 10.5 Å². The number of benzene rings is 1. The zero-order chi connectivity index (χ0) is 12.9. The van der Waals surface area contributed by atoms with Gasteiger partial charge in [-0.2, -0.15) is 0 Å². The summed E-state index contributed by atoms with van der Waals surface area (Å²) in [6.07, 6.45) is 0.729. The van der Waals surface area contributed by atoms with Crippen LogP contribution in [0.25, 0.3) is 0 Å². The molecule has 0 aromatic heterocycles. The fourth-order valence-corrected chi connectivity index (χ4v) is 2.47. The molecule has 1 aromatic carbocycles. The third-order valence-electron chi connectivity index (χ3n) is 3.60. The lowest BCUT2D eigenvalue weighted by molar-refractivity contribution is -0.142. The van der Waals surface area contributed by atoms with Crippen molar-refractivity contribution in [3.05, 3.63) is 23.8 Å². The summed E-state index contributed by atoms with van der Waals surface area (Å²) in [5.41, 5.74) is 7.06. The lowest BCUT2D eigenvalue weighted by atomic mass is 10.1. The van der Waals surface area contributed by atoms with Crippen molar-refractivity contribution in [1.29, 1.82) is 0 Å². The smallest absolute Gasteiger partial charge is 0.233 e. The summed E-state index contributed by atoms with van der Waals surface area (Å²) < 4.78 is 5.22. The van der Waals surface area contributed by atoms with Crippen LogP contribution in [0.2, 0.25) is 0 Å². The van der Waals surface area contributed by atoms with Crippen LogP contribution in [0.5, 0.6) is 5.75 Å². The van der Waals surface area contributed by atoms with Gasteiger partial charge in [0.25, 0.3) is 0 Å². The Morgan fingerprint density at radius 1 is 1.33 bits per heavy atom. The van der Waals surface area contributed by atoms with Crippen LogP contribution in [0.4, 0.5) is 5.69 Å². The monoisotopic (exact) mass is 246 g/mol. The Kier molecular flexibility index (Phi) is 2.29. The van der Waals surface area contributed by atoms with Crippen LogP contribution in [-0.4, -0.2) is 23.8 Å². The van der Waals surface area contributed by atoms with E-state index in [2.05, 4.69) is 0 Å². The number of rotatable bonds is 3. The van der Waals surface area contributed by atoms with E-state index in [-0.39, 0.29) is 30.2 Å². The number of fused-ring (bicyclic) bond motifs is 1. The molecule has 0 bridgehead atoms. The van der Waals surface area contributed by atoms with Crippen LogP contribution in [-0.2, 0) is 16.1 Å². The third kappa shape index (κ3) is 1.54. The summed E-state index contributed by atoms with van der Waals surface area (Å²) in [6, 6.07) is 5.23. The van der Waals surface area contributed by atoms with E-state index >= 15 is 0 Å². The molecule has 0 radical (unpaired) electrons. The summed E-state index contributed by atoms with van der Waals surface area (Å²) in [4.78, 5) is 25.1. The highest BCUT2D eigenvalue weighted by Crippen LogP contribution is 2.47. The van der Waals surface area contributed by atoms with Gasteiger partial charge in [0.05, 0.1) is 25.5 Å². The van der Waals surface area contributed by atoms with E-state index in [1.54, 1.807) is 25.3 Å². The van der Waals surface area contributed by atoms with Gasteiger partial charge in [-0.25, -0.2) is 0 Å². The molecular weight excluding hydrogens is 232 g/mol. The van der Waals surface area contributed by atoms with Gasteiger partial charge in [0.15, 0.2) is 0 Å². The average Bonchev–Trinajstić information content (AvgIpc) is 3.11. The maximum absolute atomic E-state index is 11.9. The minimum Gasteiger partial charge on any atom is -0.496 e. The fourth-order valence-electron chi connectivity index (χ4n) is 2.47. The fraction of sp³-hybridized carbons (Fsp3) is 0.385. The van der Waals surface area contributed by atoms with Gasteiger partial charge in [0.2, 0.25) is 11.8 Å². The molecule has 2 aliphatic rings. The molecule has 5 heteroatoms. The normalized spacial score (nSPS) is 25.3. The van der Waals surface area contributed by atoms with Crippen molar-refractivity contribution in [2.24, 2.45) is 11.8 Å². The molecule has 1 aromatic rings. The number of anilines is 1. The van der Waals surface area contributed by atoms with E-state index < -0.39 is 0 Å². The van der Waals surface area contributed by atoms with Crippen LogP contribution < -0.4 is 10.5 Å². The first-order valence-corrected chi connectivity index (χ1v) is 5.89. The second kappa shape index (κ2) is 3.73. The molecule has 0 spiro atoms. The standard InChI is InChI=1S/C13H14N2O3/c1-18-11-4-8(14)3-2-7(11)6-15-12(16)9-5-10(9)13(15)17/h2-4,9-10H,5-6,14H2,1H3. The molecule has 2 unspecified atom stereocenters. The number of amides is 2. The van der Waals surface area contributed by atoms with Gasteiger partial charge in [0.1, 0.15) is 5.75 Å². The lowest BCUT2D eigenvalue weighted by Gasteiger charge is -2.18. The molecular formula is C13H14N2O3. The summed E-state index contributed by atoms with van der Waals surface area (Å²) in [6.45, 7) is 0.272. The summed E-state index contributed by atoms with van der Waals surface area (Å²) in [7, 11) is 1.55. The van der Waals surface area contributed by atoms with Crippen molar-refractivity contribution < 1.29 is 14.3 Å². The van der Waals surface area contributed by atoms with Gasteiger partial charge in [0, 0.05) is 17.3 Å². The minimum absolute atomic E-state index is 0.0520. The van der Waals surface area contributed by atoms with Crippen LogP contribution in [0.15, 0.2) is 18.2 Å². The Morgan fingerprint density at radius 3 is 2.61 bits per heavy atom. The number of nitrogens with zero attached hydrogens (tertiary/aromatic N) is 1. The summed E-state index contributed by atoms with van der Waals surface area (Å²) in [5.74, 6) is 0.387. The third-order valence-corrected chi connectivity index (χ3v) is 3.60. The Bertz CT molecular complexity index is 521. The van der Waals surface area contributed by atoms with Crippen molar-refractivity contribution in [3.8, 4) is 5.75 Å². The zero-order valence-corrected chi connectivity index (χ0v) is 10.1. The second-order valence-corrected chi connectivity index (χ2v) is 4.78. The molecule has 2 N–H and O–H groups in total. The van der Waals surface area contributed by atoms with Gasteiger partial charge in [-0.3, -0.25) is 14.5 Å². The maximum Gasteiger partial charge on any atom is 0.233 e. The van der Waals surface area contributed by atoms with Crippen molar-refractivity contribution in [3.63, 3.8) is 0 Å². The number of nitrogens with two attached hydrogens (primary N) is 1. The average molecular weight is 246 g/mol. The number of likely N-dealkylation sites (tertiary alicyclic amines) is 1. The van der Waals surface area contributed by atoms with Gasteiger partial charge in [-0.05, 0) is 12.5 Å². The predicted octanol–water partition coefficient (Wildman–Crippen LogP) is 0.782. The first-order valence-electron chi connectivity index (χ1n) is 5.89. The van der Waals surface area contributed by atoms with Crippen LogP contribution in [0.1, 0.15) is 12.0 Å². The van der Waals surface area contributed by atoms with Crippen molar-refractivity contribution in [2.45, 2.75) is 13.0 Å². The second-order valence-electron chi connectivity index (χ2n) is 4.78. The number of hydrogen-bond donors (Lipinski definition) is 1. The minimum atomic E-state index is -0.0581. The quantitative estimate of drug-likeness (QED) is 0.632. The largest absolute Gasteiger partial charge is 0.496 e. The van der Waals surface area contributed by atoms with E-state index in [4.69, 9.17) is 10.5 Å². The Labute approximate surface area is 105 Å². The molecule has 2 amide bonds. The molecule has 1 heterocycles. The molecule has 2 atom stereocenters. The highest BCUT2D eigenvalue weighted by Gasteiger charge is 2.58. The first kappa shape index (κ1) is 11.1. The van der Waals surface area contributed by atoms with Crippen molar-refractivity contribution >= 4 is 17.5 Å². The highest BCUT2D eigenvalue weighted by molar-refractivity contribution is 6.08. The molecule has 94 valence electrons. The number of piperidine rings is 1. The Morgan fingerprint density at radius 2 is 2.00 bits per heavy atom. The first-order chi connectivity index (χ1) is 8.61. The van der Waals surface area contributed by atoms with Crippen LogP contribution in [0, 0.1) is 11.8 Å². The maximum atomic E-state index is 11.9. The van der Waals surface area contributed by atoms with Gasteiger partial charge >= 0.3 is 0 Å². The number of imide groups is 1. The van der Waals surface area contributed by atoms with E-state index in [0.717, 1.165) is 12.0 Å². The number of ether oxygens (including phenoxy) is 1. The number of carbonyl (C=O) groups excluding carboxylic acids is 2. The number of hydrogen-bond acceptors (Lipinski definition) is 4. The molecule has 2 fully saturated rings. The topological polar surface area (TPSA) is 72.6 Å². The molecule has 1 aliphatic heterocycles. The van der Waals surface area contributed by atoms with Crippen LogP contribution >= 0.6 is 0 Å². The molecule has 5 nitrogen and oxygen atoms in total. The highest BCUT2D eigenvalue weighted by atomic mass is 16.5. The Hall–Kier alpha value is -2.04. The van der Waals surface area contributed by atoms with E-state index in [1.807, 2.05) is 0 Å². The van der Waals surface area contributed by atoms with Gasteiger partial charge in [-0.15, -0.1) is 0 Å². The molecule has 1 saturated heterocycles. The molecule has 3 rings (SSSR count). The van der Waals surface area contributed by atoms with E-state index in [9.17, 15) is 9.59 Å². The molecule has 1 aliphatic carbocycles. The van der Waals surface area contributed by atoms with Crippen molar-refractivity contribution in [2.75, 3.05) is 12.8 Å². The number of nitrogen functional groups attached to an aromatic ring is 1. The predicted molar refractivity (Wildman–Crippen MR) is 64.6 cm³/mol. The Balaban J connectivity index is 1.85. The van der Waals surface area contributed by atoms with Gasteiger partial charge in [-0.1, -0.05) is 6.07 Å². The van der Waals surface area contributed by atoms with E-state index in [1.165, 1.54) is 4.90 Å². The number of carbonyl (C=O) groups is 2. The SMILES string of the molecule is COc1cc(N)ccc1CN1C(=O)C2CC2C1=O. The van der Waals surface area contributed by atoms with E-state index in [0.29, 0.717) is 11.4 Å². The molecule has 1 saturated carbocycles. The lowest BCUT2D eigenvalue weighted by Crippen LogP contribution is -2.32. The number of methoxy groups -OCH3 is 1.